The molecular formula is C17H35N3. The van der Waals surface area contributed by atoms with E-state index in [0.29, 0.717) is 0 Å². The van der Waals surface area contributed by atoms with Crippen molar-refractivity contribution in [2.75, 3.05) is 32.7 Å². The summed E-state index contributed by atoms with van der Waals surface area (Å²) in [6, 6.07) is 2.28. The van der Waals surface area contributed by atoms with Crippen molar-refractivity contribution in [2.45, 2.75) is 77.4 Å². The molecule has 0 radical (unpaired) electrons. The van der Waals surface area contributed by atoms with Crippen LogP contribution in [-0.4, -0.2) is 60.6 Å². The fourth-order valence-corrected chi connectivity index (χ4v) is 3.99. The lowest BCUT2D eigenvalue weighted by Gasteiger charge is -2.43. The normalized spacial score (nSPS) is 31.9. The molecule has 3 nitrogen and oxygen atoms in total. The first-order chi connectivity index (χ1) is 9.76. The highest BCUT2D eigenvalue weighted by Gasteiger charge is 2.31. The Bertz CT molecular complexity index is 261. The molecule has 0 bridgehead atoms. The van der Waals surface area contributed by atoms with Crippen molar-refractivity contribution in [1.29, 1.82) is 0 Å². The third kappa shape index (κ3) is 4.19. The number of nitrogens with zero attached hydrogens (tertiary/aromatic N) is 2. The average molecular weight is 281 g/mol. The monoisotopic (exact) mass is 281 g/mol. The lowest BCUT2D eigenvalue weighted by atomic mass is 10.00. The molecule has 2 fully saturated rings. The van der Waals surface area contributed by atoms with Crippen molar-refractivity contribution in [3.8, 4) is 0 Å². The molecule has 0 aromatic heterocycles. The predicted octanol–water partition coefficient (Wildman–Crippen LogP) is 2.71. The van der Waals surface area contributed by atoms with E-state index < -0.39 is 0 Å². The minimum atomic E-state index is 0.734. The molecule has 1 saturated heterocycles. The van der Waals surface area contributed by atoms with E-state index in [2.05, 4.69) is 35.9 Å². The van der Waals surface area contributed by atoms with Gasteiger partial charge in [-0.2, -0.15) is 0 Å². The zero-order chi connectivity index (χ0) is 14.4. The van der Waals surface area contributed by atoms with Crippen LogP contribution in [0.25, 0.3) is 0 Å². The number of nitrogens with one attached hydrogen (secondary N) is 1. The van der Waals surface area contributed by atoms with Gasteiger partial charge in [-0.3, -0.25) is 9.80 Å². The van der Waals surface area contributed by atoms with Crippen LogP contribution in [0.3, 0.4) is 0 Å². The lowest BCUT2D eigenvalue weighted by Crippen LogP contribution is -2.57. The quantitative estimate of drug-likeness (QED) is 0.782. The minimum absolute atomic E-state index is 0.734. The smallest absolute Gasteiger partial charge is 0.0250 e. The van der Waals surface area contributed by atoms with Crippen LogP contribution in [0, 0.1) is 0 Å². The summed E-state index contributed by atoms with van der Waals surface area (Å²) in [5, 5.41) is 3.76. The van der Waals surface area contributed by atoms with Crippen LogP contribution in [0.2, 0.25) is 0 Å². The molecule has 20 heavy (non-hydrogen) atoms. The molecule has 0 aromatic rings. The van der Waals surface area contributed by atoms with Gasteiger partial charge in [-0.1, -0.05) is 33.1 Å². The van der Waals surface area contributed by atoms with Crippen molar-refractivity contribution in [3.63, 3.8) is 0 Å². The Kier molecular flexibility index (Phi) is 6.79. The third-order valence-electron chi connectivity index (χ3n) is 5.48. The summed E-state index contributed by atoms with van der Waals surface area (Å²) in [5.41, 5.74) is 0. The molecule has 1 aliphatic heterocycles. The number of hydrogen-bond donors (Lipinski definition) is 1. The Morgan fingerprint density at radius 3 is 2.35 bits per heavy atom. The topological polar surface area (TPSA) is 18.5 Å². The molecule has 0 aromatic carbocycles. The van der Waals surface area contributed by atoms with E-state index >= 15 is 0 Å². The van der Waals surface area contributed by atoms with Crippen LogP contribution in [-0.2, 0) is 0 Å². The van der Waals surface area contributed by atoms with Crippen molar-refractivity contribution >= 4 is 0 Å². The average Bonchev–Trinajstić information content (AvgIpc) is 2.72. The van der Waals surface area contributed by atoms with E-state index in [4.69, 9.17) is 0 Å². The van der Waals surface area contributed by atoms with Crippen molar-refractivity contribution in [1.82, 2.24) is 15.1 Å². The maximum atomic E-state index is 3.76. The summed E-state index contributed by atoms with van der Waals surface area (Å²) >= 11 is 0. The summed E-state index contributed by atoms with van der Waals surface area (Å²) < 4.78 is 0. The molecule has 3 heteroatoms. The van der Waals surface area contributed by atoms with E-state index in [1.807, 2.05) is 0 Å². The molecule has 3 unspecified atom stereocenters. The zero-order valence-electron chi connectivity index (χ0n) is 13.9. The van der Waals surface area contributed by atoms with Gasteiger partial charge in [-0.15, -0.1) is 0 Å². The van der Waals surface area contributed by atoms with Crippen LogP contribution in [0.5, 0.6) is 0 Å². The van der Waals surface area contributed by atoms with Gasteiger partial charge in [0.25, 0.3) is 0 Å². The molecule has 0 amide bonds. The summed E-state index contributed by atoms with van der Waals surface area (Å²) in [7, 11) is 0. The van der Waals surface area contributed by atoms with Gasteiger partial charge in [0, 0.05) is 44.3 Å². The van der Waals surface area contributed by atoms with Gasteiger partial charge in [0.05, 0.1) is 0 Å². The molecule has 2 rings (SSSR count). The van der Waals surface area contributed by atoms with Crippen molar-refractivity contribution in [3.05, 3.63) is 0 Å². The van der Waals surface area contributed by atoms with Crippen LogP contribution in [0.1, 0.15) is 59.3 Å². The second kappa shape index (κ2) is 8.35. The fraction of sp³-hybridized carbons (Fsp3) is 1.00. The summed E-state index contributed by atoms with van der Waals surface area (Å²) in [5.74, 6) is 0. The van der Waals surface area contributed by atoms with Gasteiger partial charge in [0.1, 0.15) is 0 Å². The molecule has 118 valence electrons. The van der Waals surface area contributed by atoms with Crippen molar-refractivity contribution in [2.24, 2.45) is 0 Å². The second-order valence-electron chi connectivity index (χ2n) is 6.70. The third-order valence-corrected chi connectivity index (χ3v) is 5.48. The van der Waals surface area contributed by atoms with Crippen molar-refractivity contribution < 1.29 is 0 Å². The molecule has 3 atom stereocenters. The van der Waals surface area contributed by atoms with Gasteiger partial charge in [0.2, 0.25) is 0 Å². The van der Waals surface area contributed by atoms with Gasteiger partial charge in [0.15, 0.2) is 0 Å². The first-order valence-corrected chi connectivity index (χ1v) is 8.97. The number of likely N-dealkylation sites (N-methyl/N-ethyl adjacent to an activating group) is 1. The number of rotatable bonds is 5. The SMILES string of the molecule is CCNC1CCCCCC1N1CCN(C(C)CC)CC1. The minimum Gasteiger partial charge on any atom is -0.313 e. The van der Waals surface area contributed by atoms with Gasteiger partial charge < -0.3 is 5.32 Å². The van der Waals surface area contributed by atoms with Crippen LogP contribution < -0.4 is 5.32 Å². The summed E-state index contributed by atoms with van der Waals surface area (Å²) in [6.07, 6.45) is 8.35. The standard InChI is InChI=1S/C17H35N3/c1-4-15(3)19-11-13-20(14-12-19)17-10-8-6-7-9-16(17)18-5-2/h15-18H,4-14H2,1-3H3. The van der Waals surface area contributed by atoms with E-state index in [1.165, 1.54) is 64.7 Å². The molecule has 1 N–H and O–H groups in total. The Labute approximate surface area is 126 Å². The highest BCUT2D eigenvalue weighted by atomic mass is 15.3. The highest BCUT2D eigenvalue weighted by Crippen LogP contribution is 2.24. The molecule has 2 aliphatic rings. The number of hydrogen-bond acceptors (Lipinski definition) is 3. The van der Waals surface area contributed by atoms with E-state index in [-0.39, 0.29) is 0 Å². The molecule has 0 spiro atoms. The molecular weight excluding hydrogens is 246 g/mol. The fourth-order valence-electron chi connectivity index (χ4n) is 3.99. The first-order valence-electron chi connectivity index (χ1n) is 8.97. The molecule has 1 aliphatic carbocycles. The van der Waals surface area contributed by atoms with E-state index in [1.54, 1.807) is 0 Å². The van der Waals surface area contributed by atoms with Gasteiger partial charge in [-0.25, -0.2) is 0 Å². The lowest BCUT2D eigenvalue weighted by molar-refractivity contribution is 0.0564. The molecule has 1 heterocycles. The van der Waals surface area contributed by atoms with E-state index in [0.717, 1.165) is 24.7 Å². The van der Waals surface area contributed by atoms with Crippen LogP contribution in [0.4, 0.5) is 0 Å². The van der Waals surface area contributed by atoms with Gasteiger partial charge >= 0.3 is 0 Å². The van der Waals surface area contributed by atoms with Crippen LogP contribution >= 0.6 is 0 Å². The Morgan fingerprint density at radius 1 is 1.00 bits per heavy atom. The van der Waals surface area contributed by atoms with Gasteiger partial charge in [-0.05, 0) is 32.7 Å². The highest BCUT2D eigenvalue weighted by molar-refractivity contribution is 4.89. The molecule has 1 saturated carbocycles. The predicted molar refractivity (Wildman–Crippen MR) is 87.2 cm³/mol. The summed E-state index contributed by atoms with van der Waals surface area (Å²) in [6.45, 7) is 13.1. The Morgan fingerprint density at radius 2 is 1.70 bits per heavy atom. The largest absolute Gasteiger partial charge is 0.313 e. The Balaban J connectivity index is 1.89. The maximum Gasteiger partial charge on any atom is 0.0250 e. The first kappa shape index (κ1) is 16.3. The Hall–Kier alpha value is -0.120. The van der Waals surface area contributed by atoms with Crippen LogP contribution in [0.15, 0.2) is 0 Å². The number of piperazine rings is 1. The summed E-state index contributed by atoms with van der Waals surface area (Å²) in [4.78, 5) is 5.47. The second-order valence-corrected chi connectivity index (χ2v) is 6.70. The zero-order valence-corrected chi connectivity index (χ0v) is 13.9. The van der Waals surface area contributed by atoms with E-state index in [9.17, 15) is 0 Å². The maximum absolute atomic E-state index is 3.76.